The maximum absolute atomic E-state index is 12.2. The molecule has 0 nitrogen and oxygen atoms in total. The molecule has 174 valence electrons. The quantitative estimate of drug-likeness (QED) is 0.363. The van der Waals surface area contributed by atoms with Crippen molar-refractivity contribution in [1.29, 1.82) is 0 Å². The SMILES string of the molecule is Cc1c(C)c(C)c(C2CCC(CCCCC3CCC(C/C=C/F)CC3)CC2)c(C)c1C. The summed E-state index contributed by atoms with van der Waals surface area (Å²) >= 11 is 0. The Morgan fingerprint density at radius 3 is 1.52 bits per heavy atom. The van der Waals surface area contributed by atoms with E-state index >= 15 is 0 Å². The van der Waals surface area contributed by atoms with E-state index in [4.69, 9.17) is 0 Å². The minimum atomic E-state index is 0.727. The number of unbranched alkanes of at least 4 members (excludes halogenated alkanes) is 1. The normalized spacial score (nSPS) is 27.2. The number of halogens is 1. The first-order valence-electron chi connectivity index (χ1n) is 13.2. The van der Waals surface area contributed by atoms with Gasteiger partial charge in [0, 0.05) is 0 Å². The topological polar surface area (TPSA) is 0 Å². The van der Waals surface area contributed by atoms with Crippen LogP contribution in [-0.4, -0.2) is 0 Å². The zero-order valence-corrected chi connectivity index (χ0v) is 21.0. The minimum absolute atomic E-state index is 0.727. The maximum Gasteiger partial charge on any atom is 0.0827 e. The van der Waals surface area contributed by atoms with E-state index < -0.39 is 0 Å². The number of benzene rings is 1. The Labute approximate surface area is 192 Å². The number of rotatable bonds is 8. The lowest BCUT2D eigenvalue weighted by Gasteiger charge is -2.32. The van der Waals surface area contributed by atoms with E-state index in [1.54, 1.807) is 22.8 Å². The zero-order chi connectivity index (χ0) is 22.4. The molecule has 31 heavy (non-hydrogen) atoms. The molecular weight excluding hydrogens is 379 g/mol. The molecule has 0 bridgehead atoms. The first kappa shape index (κ1) is 24.5. The van der Waals surface area contributed by atoms with E-state index in [1.807, 2.05) is 0 Å². The summed E-state index contributed by atoms with van der Waals surface area (Å²) in [6, 6.07) is 0. The summed E-state index contributed by atoms with van der Waals surface area (Å²) < 4.78 is 12.2. The first-order chi connectivity index (χ1) is 14.9. The van der Waals surface area contributed by atoms with Gasteiger partial charge in [0.1, 0.15) is 0 Å². The van der Waals surface area contributed by atoms with Crippen molar-refractivity contribution in [3.8, 4) is 0 Å². The van der Waals surface area contributed by atoms with Gasteiger partial charge in [-0.25, -0.2) is 4.39 Å². The average Bonchev–Trinajstić information content (AvgIpc) is 2.79. The molecule has 1 aromatic rings. The molecule has 0 saturated heterocycles. The molecule has 2 aliphatic rings. The van der Waals surface area contributed by atoms with Crippen molar-refractivity contribution >= 4 is 0 Å². The van der Waals surface area contributed by atoms with Crippen molar-refractivity contribution in [2.24, 2.45) is 17.8 Å². The van der Waals surface area contributed by atoms with Crippen LogP contribution in [0.2, 0.25) is 0 Å². The highest BCUT2D eigenvalue weighted by Gasteiger charge is 2.26. The van der Waals surface area contributed by atoms with E-state index in [9.17, 15) is 4.39 Å². The third kappa shape index (κ3) is 6.23. The minimum Gasteiger partial charge on any atom is -0.216 e. The Morgan fingerprint density at radius 2 is 1.03 bits per heavy atom. The van der Waals surface area contributed by atoms with Gasteiger partial charge in [-0.2, -0.15) is 0 Å². The van der Waals surface area contributed by atoms with Gasteiger partial charge in [-0.3, -0.25) is 0 Å². The van der Waals surface area contributed by atoms with Crippen LogP contribution in [0.3, 0.4) is 0 Å². The highest BCUT2D eigenvalue weighted by molar-refractivity contribution is 5.51. The molecule has 3 rings (SSSR count). The van der Waals surface area contributed by atoms with Crippen LogP contribution >= 0.6 is 0 Å². The van der Waals surface area contributed by atoms with Crippen molar-refractivity contribution in [2.45, 2.75) is 124 Å². The molecule has 2 fully saturated rings. The van der Waals surface area contributed by atoms with Gasteiger partial charge in [-0.05, 0) is 137 Å². The van der Waals surface area contributed by atoms with E-state index in [2.05, 4.69) is 34.6 Å². The lowest BCUT2D eigenvalue weighted by molar-refractivity contribution is 0.252. The van der Waals surface area contributed by atoms with Gasteiger partial charge in [0.15, 0.2) is 0 Å². The second kappa shape index (κ2) is 11.7. The van der Waals surface area contributed by atoms with Crippen LogP contribution in [0.1, 0.15) is 123 Å². The molecule has 2 saturated carbocycles. The number of allylic oxidation sites excluding steroid dienone is 1. The molecule has 0 atom stereocenters. The average molecular weight is 427 g/mol. The lowest BCUT2D eigenvalue weighted by atomic mass is 9.73. The summed E-state index contributed by atoms with van der Waals surface area (Å²) in [5.41, 5.74) is 9.37. The summed E-state index contributed by atoms with van der Waals surface area (Å²) in [5.74, 6) is 3.44. The Morgan fingerprint density at radius 1 is 0.613 bits per heavy atom. The number of hydrogen-bond donors (Lipinski definition) is 0. The summed E-state index contributed by atoms with van der Waals surface area (Å²) in [5, 5.41) is 0. The van der Waals surface area contributed by atoms with Gasteiger partial charge in [0.05, 0.1) is 6.33 Å². The molecule has 1 heteroatoms. The fraction of sp³-hybridized carbons (Fsp3) is 0.733. The van der Waals surface area contributed by atoms with Crippen LogP contribution in [0.15, 0.2) is 12.4 Å². The van der Waals surface area contributed by atoms with Gasteiger partial charge in [-0.1, -0.05) is 44.6 Å². The van der Waals surface area contributed by atoms with Crippen LogP contribution in [0, 0.1) is 52.4 Å². The molecule has 0 aliphatic heterocycles. The van der Waals surface area contributed by atoms with Crippen LogP contribution in [0.25, 0.3) is 0 Å². The Hall–Kier alpha value is -1.11. The molecule has 0 radical (unpaired) electrons. The summed E-state index contributed by atoms with van der Waals surface area (Å²) in [7, 11) is 0. The van der Waals surface area contributed by atoms with Crippen LogP contribution < -0.4 is 0 Å². The summed E-state index contributed by atoms with van der Waals surface area (Å²) in [6.45, 7) is 11.7. The fourth-order valence-corrected chi connectivity index (χ4v) is 6.75. The Bertz CT molecular complexity index is 698. The monoisotopic (exact) mass is 426 g/mol. The molecule has 2 aliphatic carbocycles. The van der Waals surface area contributed by atoms with Gasteiger partial charge < -0.3 is 0 Å². The van der Waals surface area contributed by atoms with E-state index in [0.717, 1.165) is 36.4 Å². The Balaban J connectivity index is 1.37. The second-order valence-corrected chi connectivity index (χ2v) is 11.0. The standard InChI is InChI=1S/C30H47F/c1-21-22(2)24(4)30(25(5)23(21)3)29-18-16-27(17-19-29)10-7-6-9-26-12-14-28(15-13-26)11-8-20-31/h8,20,26-29H,6-7,9-19H2,1-5H3/b20-8+. The molecule has 0 spiro atoms. The fourth-order valence-electron chi connectivity index (χ4n) is 6.75. The Kier molecular flexibility index (Phi) is 9.23. The van der Waals surface area contributed by atoms with E-state index in [1.165, 1.54) is 93.7 Å². The maximum atomic E-state index is 12.2. The van der Waals surface area contributed by atoms with Crippen molar-refractivity contribution in [3.05, 3.63) is 45.8 Å². The van der Waals surface area contributed by atoms with Crippen molar-refractivity contribution in [1.82, 2.24) is 0 Å². The van der Waals surface area contributed by atoms with Crippen LogP contribution in [0.4, 0.5) is 4.39 Å². The third-order valence-corrected chi connectivity index (χ3v) is 9.31. The van der Waals surface area contributed by atoms with Gasteiger partial charge in [0.2, 0.25) is 0 Å². The van der Waals surface area contributed by atoms with Crippen LogP contribution in [-0.2, 0) is 0 Å². The van der Waals surface area contributed by atoms with Crippen molar-refractivity contribution in [2.75, 3.05) is 0 Å². The second-order valence-electron chi connectivity index (χ2n) is 11.0. The van der Waals surface area contributed by atoms with E-state index in [-0.39, 0.29) is 0 Å². The van der Waals surface area contributed by atoms with E-state index in [0.29, 0.717) is 0 Å². The smallest absolute Gasteiger partial charge is 0.0827 e. The highest BCUT2D eigenvalue weighted by atomic mass is 19.1. The molecular formula is C30H47F. The van der Waals surface area contributed by atoms with Gasteiger partial charge in [-0.15, -0.1) is 0 Å². The lowest BCUT2D eigenvalue weighted by Crippen LogP contribution is -2.17. The molecule has 1 aromatic carbocycles. The molecule has 0 N–H and O–H groups in total. The summed E-state index contributed by atoms with van der Waals surface area (Å²) in [6.07, 6.45) is 20.2. The van der Waals surface area contributed by atoms with Crippen molar-refractivity contribution in [3.63, 3.8) is 0 Å². The van der Waals surface area contributed by atoms with Crippen molar-refractivity contribution < 1.29 is 4.39 Å². The predicted molar refractivity (Wildman–Crippen MR) is 134 cm³/mol. The predicted octanol–water partition coefficient (Wildman–Crippen LogP) is 9.74. The zero-order valence-electron chi connectivity index (χ0n) is 21.0. The van der Waals surface area contributed by atoms with Gasteiger partial charge >= 0.3 is 0 Å². The highest BCUT2D eigenvalue weighted by Crippen LogP contribution is 2.42. The molecule has 0 heterocycles. The summed E-state index contributed by atoms with van der Waals surface area (Å²) in [4.78, 5) is 0. The molecule has 0 amide bonds. The largest absolute Gasteiger partial charge is 0.216 e. The molecule has 0 unspecified atom stereocenters. The van der Waals surface area contributed by atoms with Gasteiger partial charge in [0.25, 0.3) is 0 Å². The third-order valence-electron chi connectivity index (χ3n) is 9.31. The van der Waals surface area contributed by atoms with Crippen LogP contribution in [0.5, 0.6) is 0 Å². The first-order valence-corrected chi connectivity index (χ1v) is 13.2. The molecule has 0 aromatic heterocycles. The number of hydrogen-bond acceptors (Lipinski definition) is 0.